The summed E-state index contributed by atoms with van der Waals surface area (Å²) in [7, 11) is 0. The summed E-state index contributed by atoms with van der Waals surface area (Å²) < 4.78 is 2.15. The maximum atomic E-state index is 12.6. The Kier molecular flexibility index (Phi) is 5.72. The Bertz CT molecular complexity index is 1320. The number of rotatable bonds is 5. The second-order valence-corrected chi connectivity index (χ2v) is 10.1. The van der Waals surface area contributed by atoms with E-state index in [1.165, 1.54) is 0 Å². The molecule has 0 bridgehead atoms. The van der Waals surface area contributed by atoms with Crippen LogP contribution in [0.1, 0.15) is 49.5 Å². The summed E-state index contributed by atoms with van der Waals surface area (Å²) in [5.74, 6) is 1.06. The van der Waals surface area contributed by atoms with Crippen LogP contribution in [0.25, 0.3) is 11.0 Å². The second kappa shape index (κ2) is 9.06. The fourth-order valence-electron chi connectivity index (χ4n) is 6.04. The summed E-state index contributed by atoms with van der Waals surface area (Å²) in [6.45, 7) is 6.18. The van der Waals surface area contributed by atoms with Gasteiger partial charge in [0.25, 0.3) is 5.91 Å². The Labute approximate surface area is 210 Å². The van der Waals surface area contributed by atoms with Crippen LogP contribution >= 0.6 is 0 Å². The summed E-state index contributed by atoms with van der Waals surface area (Å²) in [6, 6.07) is 8.18. The molecule has 3 aromatic rings. The van der Waals surface area contributed by atoms with Crippen LogP contribution in [0.3, 0.4) is 0 Å². The highest BCUT2D eigenvalue weighted by Crippen LogP contribution is 2.41. The zero-order valence-electron chi connectivity index (χ0n) is 20.6. The quantitative estimate of drug-likeness (QED) is 0.567. The van der Waals surface area contributed by atoms with Crippen molar-refractivity contribution >= 4 is 34.4 Å². The molecule has 186 valence electrons. The molecule has 2 fully saturated rings. The fourth-order valence-corrected chi connectivity index (χ4v) is 6.04. The van der Waals surface area contributed by atoms with E-state index < -0.39 is 0 Å². The molecule has 10 nitrogen and oxygen atoms in total. The third-order valence-corrected chi connectivity index (χ3v) is 7.86. The number of fused-ring (bicyclic) bond motifs is 4. The average Bonchev–Trinajstić information content (AvgIpc) is 3.53. The van der Waals surface area contributed by atoms with Crippen molar-refractivity contribution in [3.8, 4) is 6.07 Å². The Morgan fingerprint density at radius 1 is 1.22 bits per heavy atom. The Balaban J connectivity index is 1.22. The molecule has 3 aliphatic rings. The van der Waals surface area contributed by atoms with Gasteiger partial charge in [0.15, 0.2) is 0 Å². The first kappa shape index (κ1) is 22.7. The lowest BCUT2D eigenvalue weighted by molar-refractivity contribution is 0.0876. The molecule has 36 heavy (non-hydrogen) atoms. The molecular weight excluding hydrogens is 454 g/mol. The lowest BCUT2D eigenvalue weighted by Gasteiger charge is -2.39. The fraction of sp³-hybridized carbons (Fsp3) is 0.500. The lowest BCUT2D eigenvalue weighted by Crippen LogP contribution is -2.52. The predicted molar refractivity (Wildman–Crippen MR) is 137 cm³/mol. The standard InChI is InChI=1S/C26H31N9O/c1-2-9-33-10-11-34(16-20(33)13-27)19-5-6-22(28-15-19)31-25-29-14-18-12-21-24(36)30-17-26(7-3-4-8-26)35(21)23(18)32-25/h5-6,12,14-15,20H,2-4,7-11,16-17H2,1H3,(H,30,36)(H,28,29,31,32). The lowest BCUT2D eigenvalue weighted by atomic mass is 9.94. The smallest absolute Gasteiger partial charge is 0.268 e. The van der Waals surface area contributed by atoms with Gasteiger partial charge in [-0.15, -0.1) is 0 Å². The zero-order chi connectivity index (χ0) is 24.7. The molecular formula is C26H31N9O. The van der Waals surface area contributed by atoms with E-state index in [-0.39, 0.29) is 17.5 Å². The number of carbonyl (C=O) groups excluding carboxylic acids is 1. The number of aromatic nitrogens is 4. The van der Waals surface area contributed by atoms with Crippen LogP contribution in [-0.4, -0.2) is 69.1 Å². The summed E-state index contributed by atoms with van der Waals surface area (Å²) >= 11 is 0. The van der Waals surface area contributed by atoms with Crippen LogP contribution in [0.5, 0.6) is 0 Å². The number of amides is 1. The van der Waals surface area contributed by atoms with Gasteiger partial charge in [0, 0.05) is 37.8 Å². The normalized spacial score (nSPS) is 21.4. The number of hydrogen-bond donors (Lipinski definition) is 2. The van der Waals surface area contributed by atoms with E-state index in [1.807, 2.05) is 24.4 Å². The first-order valence-corrected chi connectivity index (χ1v) is 12.9. The number of pyridine rings is 1. The largest absolute Gasteiger partial charge is 0.366 e. The van der Waals surface area contributed by atoms with Gasteiger partial charge in [-0.25, -0.2) is 9.97 Å². The van der Waals surface area contributed by atoms with Crippen LogP contribution in [-0.2, 0) is 5.54 Å². The average molecular weight is 486 g/mol. The van der Waals surface area contributed by atoms with Crippen molar-refractivity contribution in [3.05, 3.63) is 36.3 Å². The van der Waals surface area contributed by atoms with Crippen LogP contribution < -0.4 is 15.5 Å². The molecule has 1 saturated heterocycles. The van der Waals surface area contributed by atoms with Crippen molar-refractivity contribution in [3.63, 3.8) is 0 Å². The summed E-state index contributed by atoms with van der Waals surface area (Å²) in [6.07, 6.45) is 9.06. The Morgan fingerprint density at radius 3 is 2.83 bits per heavy atom. The summed E-state index contributed by atoms with van der Waals surface area (Å²) in [5, 5.41) is 16.8. The third kappa shape index (κ3) is 3.84. The van der Waals surface area contributed by atoms with Gasteiger partial charge in [-0.2, -0.15) is 10.2 Å². The molecule has 0 aromatic carbocycles. The molecule has 10 heteroatoms. The minimum atomic E-state index is -0.102. The molecule has 2 aliphatic heterocycles. The van der Waals surface area contributed by atoms with Crippen molar-refractivity contribution in [2.75, 3.05) is 42.9 Å². The SMILES string of the molecule is CCCN1CCN(c2ccc(Nc3ncc4cc5n(c4n3)C3(CCCC3)CNC5=O)nc2)CC1C#N. The molecule has 1 saturated carbocycles. The van der Waals surface area contributed by atoms with Gasteiger partial charge in [0.1, 0.15) is 23.2 Å². The first-order valence-electron chi connectivity index (χ1n) is 12.9. The van der Waals surface area contributed by atoms with E-state index in [9.17, 15) is 10.1 Å². The van der Waals surface area contributed by atoms with Crippen LogP contribution in [0, 0.1) is 11.3 Å². The number of nitriles is 1. The predicted octanol–water partition coefficient (Wildman–Crippen LogP) is 3.01. The van der Waals surface area contributed by atoms with Crippen molar-refractivity contribution in [1.29, 1.82) is 5.26 Å². The molecule has 1 spiro atoms. The highest BCUT2D eigenvalue weighted by atomic mass is 16.2. The zero-order valence-corrected chi connectivity index (χ0v) is 20.6. The van der Waals surface area contributed by atoms with Gasteiger partial charge in [0.2, 0.25) is 5.95 Å². The van der Waals surface area contributed by atoms with E-state index >= 15 is 0 Å². The minimum Gasteiger partial charge on any atom is -0.366 e. The van der Waals surface area contributed by atoms with E-state index in [1.54, 1.807) is 6.20 Å². The molecule has 1 unspecified atom stereocenters. The number of nitrogens with zero attached hydrogens (tertiary/aromatic N) is 7. The molecule has 6 rings (SSSR count). The number of nitrogens with one attached hydrogen (secondary N) is 2. The Morgan fingerprint density at radius 2 is 2.08 bits per heavy atom. The van der Waals surface area contributed by atoms with Gasteiger partial charge in [-0.05, 0) is 44.0 Å². The van der Waals surface area contributed by atoms with E-state index in [0.717, 1.165) is 68.5 Å². The van der Waals surface area contributed by atoms with E-state index in [4.69, 9.17) is 4.98 Å². The van der Waals surface area contributed by atoms with Crippen molar-refractivity contribution < 1.29 is 4.79 Å². The van der Waals surface area contributed by atoms with Gasteiger partial charge < -0.3 is 20.1 Å². The van der Waals surface area contributed by atoms with Crippen molar-refractivity contribution in [1.82, 2.24) is 29.7 Å². The molecule has 0 radical (unpaired) electrons. The maximum absolute atomic E-state index is 12.6. The highest BCUT2D eigenvalue weighted by Gasteiger charge is 2.42. The molecule has 1 amide bonds. The van der Waals surface area contributed by atoms with Gasteiger partial charge in [-0.1, -0.05) is 19.8 Å². The Hall–Kier alpha value is -3.71. The third-order valence-electron chi connectivity index (χ3n) is 7.86. The second-order valence-electron chi connectivity index (χ2n) is 10.1. The van der Waals surface area contributed by atoms with Crippen LogP contribution in [0.4, 0.5) is 17.5 Å². The van der Waals surface area contributed by atoms with Crippen molar-refractivity contribution in [2.45, 2.75) is 50.6 Å². The molecule has 5 heterocycles. The number of hydrogen-bond acceptors (Lipinski definition) is 8. The molecule has 3 aromatic heterocycles. The molecule has 1 aliphatic carbocycles. The number of piperazine rings is 1. The van der Waals surface area contributed by atoms with Gasteiger partial charge in [-0.3, -0.25) is 9.69 Å². The number of anilines is 3. The maximum Gasteiger partial charge on any atom is 0.268 e. The molecule has 2 N–H and O–H groups in total. The van der Waals surface area contributed by atoms with Crippen molar-refractivity contribution in [2.24, 2.45) is 0 Å². The van der Waals surface area contributed by atoms with Crippen LogP contribution in [0.2, 0.25) is 0 Å². The monoisotopic (exact) mass is 485 g/mol. The van der Waals surface area contributed by atoms with E-state index in [0.29, 0.717) is 30.5 Å². The first-order chi connectivity index (χ1) is 17.6. The highest BCUT2D eigenvalue weighted by molar-refractivity contribution is 5.99. The van der Waals surface area contributed by atoms with Gasteiger partial charge in [0.05, 0.1) is 23.5 Å². The minimum absolute atomic E-state index is 0.0496. The molecule has 1 atom stereocenters. The summed E-state index contributed by atoms with van der Waals surface area (Å²) in [5.41, 5.74) is 2.37. The van der Waals surface area contributed by atoms with Gasteiger partial charge >= 0.3 is 0 Å². The van der Waals surface area contributed by atoms with E-state index in [2.05, 4.69) is 48.0 Å². The topological polar surface area (TPSA) is 115 Å². The number of carbonyl (C=O) groups is 1. The van der Waals surface area contributed by atoms with Crippen LogP contribution in [0.15, 0.2) is 30.6 Å². The summed E-state index contributed by atoms with van der Waals surface area (Å²) in [4.78, 5) is 31.0.